The van der Waals surface area contributed by atoms with E-state index in [-0.39, 0.29) is 19.4 Å². The average Bonchev–Trinajstić information content (AvgIpc) is 2.23. The number of piperidine rings is 1. The number of alkyl halides is 6. The van der Waals surface area contributed by atoms with Crippen molar-refractivity contribution in [2.75, 3.05) is 19.6 Å². The molecule has 18 heavy (non-hydrogen) atoms. The molecule has 8 heteroatoms. The number of hydrogen-bond donors (Lipinski definition) is 0. The third kappa shape index (κ3) is 4.05. The van der Waals surface area contributed by atoms with E-state index < -0.39 is 37.3 Å². The summed E-state index contributed by atoms with van der Waals surface area (Å²) < 4.78 is 74.4. The Kier molecular flexibility index (Phi) is 4.48. The molecule has 2 unspecified atom stereocenters. The van der Waals surface area contributed by atoms with Crippen LogP contribution in [0.2, 0.25) is 0 Å². The van der Waals surface area contributed by atoms with E-state index in [1.807, 2.05) is 0 Å². The van der Waals surface area contributed by atoms with Crippen molar-refractivity contribution in [3.63, 3.8) is 0 Å². The van der Waals surface area contributed by atoms with E-state index in [0.29, 0.717) is 0 Å². The quantitative estimate of drug-likeness (QED) is 0.724. The predicted molar refractivity (Wildman–Crippen MR) is 50.4 cm³/mol. The van der Waals surface area contributed by atoms with E-state index in [9.17, 15) is 26.3 Å². The van der Waals surface area contributed by atoms with Gasteiger partial charge in [0, 0.05) is 13.1 Å². The third-order valence-corrected chi connectivity index (χ3v) is 2.96. The fourth-order valence-electron chi connectivity index (χ4n) is 1.96. The molecule has 0 aromatic carbocycles. The molecule has 1 aliphatic rings. The molecule has 2 atom stereocenters. The summed E-state index contributed by atoms with van der Waals surface area (Å²) in [5.74, 6) is -3.83. The first kappa shape index (κ1) is 15.1. The maximum absolute atomic E-state index is 12.5. The van der Waals surface area contributed by atoms with Crippen molar-refractivity contribution in [1.82, 2.24) is 4.90 Å². The lowest BCUT2D eigenvalue weighted by Crippen LogP contribution is -2.45. The van der Waals surface area contributed by atoms with Gasteiger partial charge in [-0.1, -0.05) is 0 Å². The maximum Gasteiger partial charge on any atom is 0.405 e. The molecular weight excluding hydrogens is 262 g/mol. The molecule has 0 amide bonds. The Morgan fingerprint density at radius 2 is 1.83 bits per heavy atom. The second kappa shape index (κ2) is 5.34. The summed E-state index contributed by atoms with van der Waals surface area (Å²) in [5.41, 5.74) is 0. The molecule has 0 bridgehead atoms. The number of nitriles is 1. The van der Waals surface area contributed by atoms with Crippen LogP contribution in [0.3, 0.4) is 0 Å². The first-order valence-electron chi connectivity index (χ1n) is 5.40. The molecule has 1 saturated heterocycles. The van der Waals surface area contributed by atoms with Crippen LogP contribution in [0.15, 0.2) is 0 Å². The summed E-state index contributed by atoms with van der Waals surface area (Å²) in [6, 6.07) is 1.09. The molecule has 2 nitrogen and oxygen atoms in total. The normalized spacial score (nSPS) is 24.6. The average molecular weight is 274 g/mol. The highest BCUT2D eigenvalue weighted by atomic mass is 19.4. The van der Waals surface area contributed by atoms with Crippen molar-refractivity contribution >= 4 is 0 Å². The van der Waals surface area contributed by atoms with Crippen LogP contribution in [-0.4, -0.2) is 36.9 Å². The molecule has 1 rings (SSSR count). The van der Waals surface area contributed by atoms with Crippen LogP contribution in [0.1, 0.15) is 12.8 Å². The number of likely N-dealkylation sites (tertiary alicyclic amines) is 1. The fourth-order valence-corrected chi connectivity index (χ4v) is 1.96. The zero-order valence-corrected chi connectivity index (χ0v) is 9.35. The summed E-state index contributed by atoms with van der Waals surface area (Å²) in [6.45, 7) is -0.981. The van der Waals surface area contributed by atoms with Crippen molar-refractivity contribution in [3.8, 4) is 6.07 Å². The summed E-state index contributed by atoms with van der Waals surface area (Å²) >= 11 is 0. The van der Waals surface area contributed by atoms with Gasteiger partial charge in [-0.05, 0) is 19.4 Å². The molecule has 0 aliphatic carbocycles. The van der Waals surface area contributed by atoms with Gasteiger partial charge in [0.25, 0.3) is 0 Å². The van der Waals surface area contributed by atoms with Gasteiger partial charge in [0.05, 0.1) is 12.0 Å². The highest BCUT2D eigenvalue weighted by molar-refractivity contribution is 4.92. The van der Waals surface area contributed by atoms with Gasteiger partial charge in [-0.3, -0.25) is 0 Å². The molecule has 0 N–H and O–H groups in total. The zero-order valence-electron chi connectivity index (χ0n) is 9.35. The molecule has 1 aliphatic heterocycles. The summed E-state index contributed by atoms with van der Waals surface area (Å²) in [4.78, 5) is 1.07. The monoisotopic (exact) mass is 274 g/mol. The summed E-state index contributed by atoms with van der Waals surface area (Å²) in [7, 11) is 0. The van der Waals surface area contributed by atoms with Gasteiger partial charge < -0.3 is 4.90 Å². The smallest absolute Gasteiger partial charge is 0.301 e. The van der Waals surface area contributed by atoms with Gasteiger partial charge in [-0.15, -0.1) is 0 Å². The van der Waals surface area contributed by atoms with Gasteiger partial charge in [0.2, 0.25) is 0 Å². The van der Waals surface area contributed by atoms with Crippen LogP contribution in [-0.2, 0) is 0 Å². The summed E-state index contributed by atoms with van der Waals surface area (Å²) in [5, 5.41) is 8.40. The molecule has 0 saturated carbocycles. The van der Waals surface area contributed by atoms with Crippen molar-refractivity contribution in [1.29, 1.82) is 5.26 Å². The number of hydrogen-bond acceptors (Lipinski definition) is 2. The first-order valence-corrected chi connectivity index (χ1v) is 5.40. The number of halogens is 6. The molecule has 1 heterocycles. The van der Waals surface area contributed by atoms with Crippen molar-refractivity contribution in [3.05, 3.63) is 0 Å². The van der Waals surface area contributed by atoms with Crippen LogP contribution in [0.5, 0.6) is 0 Å². The van der Waals surface area contributed by atoms with E-state index in [1.54, 1.807) is 0 Å². The van der Waals surface area contributed by atoms with E-state index >= 15 is 0 Å². The van der Waals surface area contributed by atoms with E-state index in [1.165, 1.54) is 0 Å². The van der Waals surface area contributed by atoms with Crippen LogP contribution < -0.4 is 0 Å². The zero-order chi connectivity index (χ0) is 14.0. The lowest BCUT2D eigenvalue weighted by Gasteiger charge is -2.34. The molecular formula is C10H12F6N2. The number of rotatable bonds is 2. The Morgan fingerprint density at radius 1 is 1.22 bits per heavy atom. The standard InChI is InChI=1S/C10H12F6N2/c11-9(12,13)7-2-1-3-18(5-7)6-8(4-17)10(14,15)16/h7-8H,1-3,5-6H2. The Balaban J connectivity index is 2.61. The second-order valence-electron chi connectivity index (χ2n) is 4.36. The highest BCUT2D eigenvalue weighted by Crippen LogP contribution is 2.34. The molecule has 0 radical (unpaired) electrons. The molecule has 0 aromatic heterocycles. The fraction of sp³-hybridized carbons (Fsp3) is 0.900. The Labute approximate surface area is 100 Å². The van der Waals surface area contributed by atoms with Gasteiger partial charge in [0.15, 0.2) is 5.92 Å². The minimum absolute atomic E-state index is 0.0662. The van der Waals surface area contributed by atoms with Crippen molar-refractivity contribution in [2.24, 2.45) is 11.8 Å². The predicted octanol–water partition coefficient (Wildman–Crippen LogP) is 2.96. The van der Waals surface area contributed by atoms with Gasteiger partial charge in [-0.25, -0.2) is 0 Å². The van der Waals surface area contributed by atoms with Gasteiger partial charge >= 0.3 is 12.4 Å². The van der Waals surface area contributed by atoms with E-state index in [0.717, 1.165) is 11.0 Å². The van der Waals surface area contributed by atoms with Crippen LogP contribution in [0.25, 0.3) is 0 Å². The lowest BCUT2D eigenvalue weighted by molar-refractivity contribution is -0.192. The minimum Gasteiger partial charge on any atom is -0.301 e. The van der Waals surface area contributed by atoms with Crippen LogP contribution in [0, 0.1) is 23.2 Å². The minimum atomic E-state index is -4.69. The van der Waals surface area contributed by atoms with Crippen LogP contribution in [0.4, 0.5) is 26.3 Å². The van der Waals surface area contributed by atoms with Gasteiger partial charge in [0.1, 0.15) is 0 Å². The third-order valence-electron chi connectivity index (χ3n) is 2.96. The SMILES string of the molecule is N#CC(CN1CCCC(C(F)(F)F)C1)C(F)(F)F. The molecule has 0 spiro atoms. The first-order chi connectivity index (χ1) is 8.14. The molecule has 0 aromatic rings. The largest absolute Gasteiger partial charge is 0.405 e. The maximum atomic E-state index is 12.5. The molecule has 1 fully saturated rings. The van der Waals surface area contributed by atoms with Crippen molar-refractivity contribution < 1.29 is 26.3 Å². The van der Waals surface area contributed by atoms with Crippen LogP contribution >= 0.6 is 0 Å². The highest BCUT2D eigenvalue weighted by Gasteiger charge is 2.45. The van der Waals surface area contributed by atoms with Gasteiger partial charge in [-0.2, -0.15) is 31.6 Å². The Hall–Kier alpha value is -0.970. The molecule has 104 valence electrons. The van der Waals surface area contributed by atoms with Crippen molar-refractivity contribution in [2.45, 2.75) is 25.2 Å². The number of nitrogens with zero attached hydrogens (tertiary/aromatic N) is 2. The topological polar surface area (TPSA) is 27.0 Å². The second-order valence-corrected chi connectivity index (χ2v) is 4.36. The Morgan fingerprint density at radius 3 is 2.28 bits per heavy atom. The summed E-state index contributed by atoms with van der Waals surface area (Å²) in [6.07, 6.45) is -8.96. The Bertz CT molecular complexity index is 316. The van der Waals surface area contributed by atoms with E-state index in [4.69, 9.17) is 5.26 Å². The van der Waals surface area contributed by atoms with E-state index in [2.05, 4.69) is 0 Å². The lowest BCUT2D eigenvalue weighted by atomic mass is 9.96.